The fourth-order valence-corrected chi connectivity index (χ4v) is 3.18. The van der Waals surface area contributed by atoms with Crippen LogP contribution in [0.1, 0.15) is 13.3 Å². The van der Waals surface area contributed by atoms with Crippen LogP contribution in [0.2, 0.25) is 0 Å². The second-order valence-electron chi connectivity index (χ2n) is 3.29. The first-order valence-corrected chi connectivity index (χ1v) is 5.80. The number of carbonyl (C=O) groups excluding carboxylic acids is 1. The maximum atomic E-state index is 11.5. The Labute approximate surface area is 75.2 Å². The van der Waals surface area contributed by atoms with Crippen molar-refractivity contribution < 1.29 is 4.79 Å². The summed E-state index contributed by atoms with van der Waals surface area (Å²) >= 11 is 0. The quantitative estimate of drug-likeness (QED) is 0.407. The lowest BCUT2D eigenvalue weighted by Gasteiger charge is -2.01. The molecule has 0 saturated heterocycles. The van der Waals surface area contributed by atoms with E-state index in [1.54, 1.807) is 0 Å². The summed E-state index contributed by atoms with van der Waals surface area (Å²) in [7, 11) is 0.164. The zero-order chi connectivity index (χ0) is 8.72. The summed E-state index contributed by atoms with van der Waals surface area (Å²) < 4.78 is 0. The molecule has 2 aliphatic rings. The molecule has 1 atom stereocenters. The molecule has 2 heteroatoms. The zero-order valence-corrected chi connectivity index (χ0v) is 8.12. The predicted molar refractivity (Wildman–Crippen MR) is 52.1 cm³/mol. The van der Waals surface area contributed by atoms with Crippen molar-refractivity contribution in [2.75, 3.05) is 12.0 Å². The summed E-state index contributed by atoms with van der Waals surface area (Å²) in [4.78, 5) is 12.7. The Hall–Kier alpha value is -0.720. The normalized spacial score (nSPS) is 27.7. The van der Waals surface area contributed by atoms with Gasteiger partial charge in [0.25, 0.3) is 0 Å². The summed E-state index contributed by atoms with van der Waals surface area (Å²) in [6.07, 6.45) is 4.98. The third kappa shape index (κ3) is 1.08. The van der Waals surface area contributed by atoms with Gasteiger partial charge in [-0.1, -0.05) is 0 Å². The van der Waals surface area contributed by atoms with E-state index in [4.69, 9.17) is 0 Å². The Kier molecular flexibility index (Phi) is 1.75. The fourth-order valence-electron chi connectivity index (χ4n) is 1.59. The smallest absolute Gasteiger partial charge is 0.213 e. The second-order valence-corrected chi connectivity index (χ2v) is 5.30. The second kappa shape index (κ2) is 2.65. The minimum absolute atomic E-state index is 0.164. The van der Waals surface area contributed by atoms with Gasteiger partial charge in [-0.25, -0.2) is 0 Å². The van der Waals surface area contributed by atoms with Crippen LogP contribution in [0, 0.1) is 0 Å². The van der Waals surface area contributed by atoms with Gasteiger partial charge in [0.15, 0.2) is 10.7 Å². The molecule has 1 aliphatic carbocycles. The molecule has 12 heavy (non-hydrogen) atoms. The lowest BCUT2D eigenvalue weighted by molar-refractivity contribution is -0.113. The molecule has 0 saturated carbocycles. The van der Waals surface area contributed by atoms with Gasteiger partial charge in [-0.2, -0.15) is 0 Å². The van der Waals surface area contributed by atoms with Gasteiger partial charge < -0.3 is 0 Å². The van der Waals surface area contributed by atoms with Gasteiger partial charge in [0.2, 0.25) is 5.78 Å². The molecule has 62 valence electrons. The van der Waals surface area contributed by atoms with Gasteiger partial charge in [-0.15, -0.1) is 5.73 Å². The van der Waals surface area contributed by atoms with E-state index in [2.05, 4.69) is 12.0 Å². The van der Waals surface area contributed by atoms with Crippen LogP contribution in [-0.2, 0) is 15.7 Å². The van der Waals surface area contributed by atoms with Crippen LogP contribution in [0.5, 0.6) is 0 Å². The maximum absolute atomic E-state index is 11.5. The number of ketones is 1. The standard InChI is InChI=1S/C10H11OS/c1-7-3-4-10-8(5-7)9(11)6-12(10)2/h4H,5-6H2,1-2H3/q+1. The van der Waals surface area contributed by atoms with Gasteiger partial charge in [0.1, 0.15) is 6.26 Å². The molecule has 1 heterocycles. The van der Waals surface area contributed by atoms with Crippen LogP contribution in [0.4, 0.5) is 0 Å². The average molecular weight is 179 g/mol. The van der Waals surface area contributed by atoms with E-state index in [1.165, 1.54) is 10.5 Å². The van der Waals surface area contributed by atoms with E-state index in [1.807, 2.05) is 13.0 Å². The first-order valence-electron chi connectivity index (χ1n) is 3.99. The van der Waals surface area contributed by atoms with E-state index in [0.29, 0.717) is 5.78 Å². The first kappa shape index (κ1) is 7.90. The lowest BCUT2D eigenvalue weighted by Crippen LogP contribution is -2.05. The molecule has 0 fully saturated rings. The molecule has 0 aromatic rings. The van der Waals surface area contributed by atoms with E-state index in [0.717, 1.165) is 17.7 Å². The van der Waals surface area contributed by atoms with Gasteiger partial charge in [0.05, 0.1) is 5.57 Å². The van der Waals surface area contributed by atoms with Crippen LogP contribution in [0.15, 0.2) is 27.9 Å². The minimum atomic E-state index is 0.164. The Bertz CT molecular complexity index is 343. The lowest BCUT2D eigenvalue weighted by atomic mass is 10.0. The molecule has 0 amide bonds. The molecule has 0 radical (unpaired) electrons. The predicted octanol–water partition coefficient (Wildman–Crippen LogP) is 1.58. The fraction of sp³-hybridized carbons (Fsp3) is 0.400. The SMILES string of the molecule is CC1=C=CC2=C(C1)C(=O)C[S+]2C. The van der Waals surface area contributed by atoms with Crippen LogP contribution in [-0.4, -0.2) is 17.8 Å². The Morgan fingerprint density at radius 3 is 3.08 bits per heavy atom. The molecule has 1 unspecified atom stereocenters. The number of carbonyl (C=O) groups is 1. The summed E-state index contributed by atoms with van der Waals surface area (Å²) in [6, 6.07) is 0. The first-order chi connectivity index (χ1) is 5.68. The van der Waals surface area contributed by atoms with E-state index >= 15 is 0 Å². The van der Waals surface area contributed by atoms with E-state index < -0.39 is 0 Å². The number of rotatable bonds is 0. The Balaban J connectivity index is 2.46. The van der Waals surface area contributed by atoms with Crippen LogP contribution >= 0.6 is 0 Å². The van der Waals surface area contributed by atoms with Crippen LogP contribution in [0.25, 0.3) is 0 Å². The molecule has 0 aromatic heterocycles. The van der Waals surface area contributed by atoms with Gasteiger partial charge in [-0.3, -0.25) is 4.79 Å². The highest BCUT2D eigenvalue weighted by atomic mass is 32.2. The highest BCUT2D eigenvalue weighted by Crippen LogP contribution is 2.31. The summed E-state index contributed by atoms with van der Waals surface area (Å²) in [5, 5.41) is 0. The average Bonchev–Trinajstić information content (AvgIpc) is 2.28. The van der Waals surface area contributed by atoms with E-state index in [9.17, 15) is 4.79 Å². The molecule has 1 nitrogen and oxygen atoms in total. The molecule has 0 aromatic carbocycles. The van der Waals surface area contributed by atoms with Crippen molar-refractivity contribution >= 4 is 16.7 Å². The topological polar surface area (TPSA) is 17.1 Å². The summed E-state index contributed by atoms with van der Waals surface area (Å²) in [5.74, 6) is 1.09. The molecule has 0 N–H and O–H groups in total. The van der Waals surface area contributed by atoms with Gasteiger partial charge in [0, 0.05) is 23.4 Å². The van der Waals surface area contributed by atoms with E-state index in [-0.39, 0.29) is 10.9 Å². The Morgan fingerprint density at radius 1 is 1.58 bits per heavy atom. The number of hydrogen-bond acceptors (Lipinski definition) is 1. The molecule has 1 aliphatic heterocycles. The van der Waals surface area contributed by atoms with Crippen LogP contribution in [0.3, 0.4) is 0 Å². The molecule has 0 spiro atoms. The largest absolute Gasteiger partial charge is 0.289 e. The Morgan fingerprint density at radius 2 is 2.33 bits per heavy atom. The summed E-state index contributed by atoms with van der Waals surface area (Å²) in [6.45, 7) is 2.03. The number of hydrogen-bond donors (Lipinski definition) is 0. The third-order valence-corrected chi connectivity index (χ3v) is 4.06. The number of Topliss-reactive ketones (excluding diaryl/α,β-unsaturated/α-hetero) is 1. The van der Waals surface area contributed by atoms with Crippen molar-refractivity contribution in [3.8, 4) is 0 Å². The summed E-state index contributed by atoms with van der Waals surface area (Å²) in [5.41, 5.74) is 5.43. The van der Waals surface area contributed by atoms with Crippen LogP contribution < -0.4 is 0 Å². The van der Waals surface area contributed by atoms with Gasteiger partial charge in [-0.05, 0) is 12.5 Å². The van der Waals surface area contributed by atoms with Crippen molar-refractivity contribution in [2.24, 2.45) is 0 Å². The highest BCUT2D eigenvalue weighted by Gasteiger charge is 2.37. The molecular formula is C10H11OS+. The van der Waals surface area contributed by atoms with Crippen molar-refractivity contribution in [1.82, 2.24) is 0 Å². The molecule has 2 rings (SSSR count). The molecular weight excluding hydrogens is 168 g/mol. The zero-order valence-electron chi connectivity index (χ0n) is 7.31. The minimum Gasteiger partial charge on any atom is -0.289 e. The maximum Gasteiger partial charge on any atom is 0.213 e. The number of allylic oxidation sites excluding steroid dienone is 2. The highest BCUT2D eigenvalue weighted by molar-refractivity contribution is 8.01. The monoisotopic (exact) mass is 179 g/mol. The molecule has 0 bridgehead atoms. The third-order valence-electron chi connectivity index (χ3n) is 2.25. The van der Waals surface area contributed by atoms with Crippen molar-refractivity contribution in [1.29, 1.82) is 0 Å². The van der Waals surface area contributed by atoms with Crippen molar-refractivity contribution in [3.05, 3.63) is 27.9 Å². The van der Waals surface area contributed by atoms with Crippen molar-refractivity contribution in [3.63, 3.8) is 0 Å². The van der Waals surface area contributed by atoms with Gasteiger partial charge >= 0.3 is 0 Å². The van der Waals surface area contributed by atoms with Crippen molar-refractivity contribution in [2.45, 2.75) is 13.3 Å².